The zero-order valence-electron chi connectivity index (χ0n) is 12.6. The molecule has 0 aliphatic heterocycles. The first-order valence-corrected chi connectivity index (χ1v) is 7.78. The minimum absolute atomic E-state index is 0.171. The molecule has 1 aromatic carbocycles. The van der Waals surface area contributed by atoms with Crippen molar-refractivity contribution >= 4 is 22.7 Å². The first-order chi connectivity index (χ1) is 11.8. The van der Waals surface area contributed by atoms with E-state index >= 15 is 0 Å². The maximum atomic E-state index is 12.6. The van der Waals surface area contributed by atoms with Gasteiger partial charge in [-0.05, 0) is 37.1 Å². The summed E-state index contributed by atoms with van der Waals surface area (Å²) in [6, 6.07) is 9.51. The Morgan fingerprint density at radius 3 is 3.08 bits per heavy atom. The van der Waals surface area contributed by atoms with E-state index in [4.69, 9.17) is 4.42 Å². The Hall–Kier alpha value is -3.22. The summed E-state index contributed by atoms with van der Waals surface area (Å²) in [5.41, 5.74) is 3.90. The number of benzene rings is 1. The number of amides is 1. The molecule has 0 spiro atoms. The Bertz CT molecular complexity index is 1080. The van der Waals surface area contributed by atoms with Gasteiger partial charge in [0.05, 0.1) is 0 Å². The molecule has 1 aliphatic carbocycles. The van der Waals surface area contributed by atoms with Crippen LogP contribution in [0.15, 0.2) is 47.3 Å². The molecule has 7 nitrogen and oxygen atoms in total. The zero-order chi connectivity index (χ0) is 16.1. The highest BCUT2D eigenvalue weighted by atomic mass is 16.3. The number of imidazole rings is 1. The lowest BCUT2D eigenvalue weighted by atomic mass is 10.1. The number of carbonyl (C=O) groups excluding carboxylic acids is 1. The van der Waals surface area contributed by atoms with E-state index in [0.29, 0.717) is 22.6 Å². The molecule has 0 saturated heterocycles. The summed E-state index contributed by atoms with van der Waals surface area (Å²) in [5, 5.41) is 7.35. The number of oxazole rings is 1. The fourth-order valence-electron chi connectivity index (χ4n) is 2.79. The van der Waals surface area contributed by atoms with Crippen molar-refractivity contribution < 1.29 is 9.21 Å². The van der Waals surface area contributed by atoms with E-state index in [9.17, 15) is 4.79 Å². The van der Waals surface area contributed by atoms with Crippen molar-refractivity contribution in [3.63, 3.8) is 0 Å². The normalized spacial score (nSPS) is 14.3. The van der Waals surface area contributed by atoms with Crippen molar-refractivity contribution in [3.8, 4) is 11.3 Å². The highest BCUT2D eigenvalue weighted by molar-refractivity contribution is 6.00. The third-order valence-corrected chi connectivity index (χ3v) is 4.13. The highest BCUT2D eigenvalue weighted by Gasteiger charge is 2.28. The van der Waals surface area contributed by atoms with Crippen molar-refractivity contribution in [1.82, 2.24) is 24.9 Å². The van der Waals surface area contributed by atoms with Crippen molar-refractivity contribution in [2.24, 2.45) is 0 Å². The Morgan fingerprint density at radius 2 is 2.21 bits per heavy atom. The molecule has 1 amide bonds. The second kappa shape index (κ2) is 4.89. The molecule has 0 bridgehead atoms. The molecule has 7 heteroatoms. The zero-order valence-corrected chi connectivity index (χ0v) is 12.6. The average Bonchev–Trinajstić information content (AvgIpc) is 3.15. The van der Waals surface area contributed by atoms with Gasteiger partial charge in [0.1, 0.15) is 11.2 Å². The van der Waals surface area contributed by atoms with Crippen LogP contribution in [-0.4, -0.2) is 31.5 Å². The number of nitrogens with zero attached hydrogens (tertiary/aromatic N) is 4. The van der Waals surface area contributed by atoms with Crippen molar-refractivity contribution in [2.75, 3.05) is 0 Å². The van der Waals surface area contributed by atoms with Crippen molar-refractivity contribution in [1.29, 1.82) is 0 Å². The molecule has 1 N–H and O–H groups in total. The predicted octanol–water partition coefficient (Wildman–Crippen LogP) is 2.43. The number of nitrogens with one attached hydrogen (secondary N) is 1. The summed E-state index contributed by atoms with van der Waals surface area (Å²) < 4.78 is 7.06. The topological polar surface area (TPSA) is 85.3 Å². The van der Waals surface area contributed by atoms with Crippen LogP contribution >= 0.6 is 0 Å². The van der Waals surface area contributed by atoms with Crippen LogP contribution in [0.1, 0.15) is 23.3 Å². The standard InChI is InChI=1S/C17H13N5O2/c23-17(20-11-4-5-11)15-16(22-14(21-15)2-1-7-19-22)10-3-6-12-13(8-10)24-9-18-12/h1-3,6-9,11H,4-5H2,(H,20,23). The van der Waals surface area contributed by atoms with E-state index in [1.54, 1.807) is 16.8 Å². The SMILES string of the molecule is O=C(NC1CC1)c1nc2cccnn2c1-c1ccc2ncoc2c1. The fraction of sp³-hybridized carbons (Fsp3) is 0.176. The third kappa shape index (κ3) is 2.05. The smallest absolute Gasteiger partial charge is 0.272 e. The van der Waals surface area contributed by atoms with E-state index in [1.807, 2.05) is 24.3 Å². The number of carbonyl (C=O) groups is 1. The van der Waals surface area contributed by atoms with Gasteiger partial charge in [0.2, 0.25) is 0 Å². The minimum atomic E-state index is -0.171. The van der Waals surface area contributed by atoms with Gasteiger partial charge in [0, 0.05) is 17.8 Å². The molecule has 0 radical (unpaired) electrons. The molecule has 1 saturated carbocycles. The third-order valence-electron chi connectivity index (χ3n) is 4.13. The van der Waals surface area contributed by atoms with E-state index in [-0.39, 0.29) is 11.9 Å². The Kier molecular flexibility index (Phi) is 2.70. The Balaban J connectivity index is 1.73. The molecule has 1 fully saturated rings. The van der Waals surface area contributed by atoms with E-state index in [1.165, 1.54) is 6.39 Å². The first kappa shape index (κ1) is 13.2. The second-order valence-electron chi connectivity index (χ2n) is 5.89. The predicted molar refractivity (Wildman–Crippen MR) is 86.5 cm³/mol. The molecule has 1 aliphatic rings. The highest BCUT2D eigenvalue weighted by Crippen LogP contribution is 2.28. The number of aromatic nitrogens is 4. The van der Waals surface area contributed by atoms with Gasteiger partial charge in [-0.2, -0.15) is 5.10 Å². The van der Waals surface area contributed by atoms with Crippen LogP contribution in [0.3, 0.4) is 0 Å². The molecule has 5 rings (SSSR count). The van der Waals surface area contributed by atoms with Crippen LogP contribution < -0.4 is 5.32 Å². The van der Waals surface area contributed by atoms with Crippen LogP contribution in [0.5, 0.6) is 0 Å². The first-order valence-electron chi connectivity index (χ1n) is 7.78. The number of hydrogen-bond donors (Lipinski definition) is 1. The van der Waals surface area contributed by atoms with Crippen LogP contribution in [0.2, 0.25) is 0 Å². The molecular formula is C17H13N5O2. The van der Waals surface area contributed by atoms with E-state index < -0.39 is 0 Å². The lowest BCUT2D eigenvalue weighted by Crippen LogP contribution is -2.26. The fourth-order valence-corrected chi connectivity index (χ4v) is 2.79. The number of hydrogen-bond acceptors (Lipinski definition) is 5. The molecular weight excluding hydrogens is 306 g/mol. The quantitative estimate of drug-likeness (QED) is 0.627. The Morgan fingerprint density at radius 1 is 1.29 bits per heavy atom. The largest absolute Gasteiger partial charge is 0.443 e. The van der Waals surface area contributed by atoms with Gasteiger partial charge in [-0.3, -0.25) is 4.79 Å². The van der Waals surface area contributed by atoms with Gasteiger partial charge in [-0.25, -0.2) is 14.5 Å². The lowest BCUT2D eigenvalue weighted by molar-refractivity contribution is 0.0947. The average molecular weight is 319 g/mol. The van der Waals surface area contributed by atoms with Crippen molar-refractivity contribution in [2.45, 2.75) is 18.9 Å². The summed E-state index contributed by atoms with van der Waals surface area (Å²) >= 11 is 0. The maximum absolute atomic E-state index is 12.6. The molecule has 24 heavy (non-hydrogen) atoms. The van der Waals surface area contributed by atoms with Gasteiger partial charge >= 0.3 is 0 Å². The van der Waals surface area contributed by atoms with Crippen LogP contribution in [0.4, 0.5) is 0 Å². The number of fused-ring (bicyclic) bond motifs is 2. The van der Waals surface area contributed by atoms with Crippen LogP contribution in [0, 0.1) is 0 Å². The summed E-state index contributed by atoms with van der Waals surface area (Å²) in [7, 11) is 0. The molecule has 0 atom stereocenters. The molecule has 3 aromatic heterocycles. The van der Waals surface area contributed by atoms with Gasteiger partial charge in [0.15, 0.2) is 23.3 Å². The maximum Gasteiger partial charge on any atom is 0.272 e. The second-order valence-corrected chi connectivity index (χ2v) is 5.89. The molecule has 118 valence electrons. The molecule has 3 heterocycles. The van der Waals surface area contributed by atoms with Gasteiger partial charge in [-0.15, -0.1) is 0 Å². The van der Waals surface area contributed by atoms with E-state index in [2.05, 4.69) is 20.4 Å². The van der Waals surface area contributed by atoms with Gasteiger partial charge < -0.3 is 9.73 Å². The van der Waals surface area contributed by atoms with Gasteiger partial charge in [0.25, 0.3) is 5.91 Å². The van der Waals surface area contributed by atoms with Crippen molar-refractivity contribution in [3.05, 3.63) is 48.6 Å². The monoisotopic (exact) mass is 319 g/mol. The molecule has 4 aromatic rings. The summed E-state index contributed by atoms with van der Waals surface area (Å²) in [6.07, 6.45) is 5.13. The number of rotatable bonds is 3. The van der Waals surface area contributed by atoms with Crippen LogP contribution in [0.25, 0.3) is 28.0 Å². The van der Waals surface area contributed by atoms with Crippen LogP contribution in [-0.2, 0) is 0 Å². The van der Waals surface area contributed by atoms with Gasteiger partial charge in [-0.1, -0.05) is 6.07 Å². The summed E-state index contributed by atoms with van der Waals surface area (Å²) in [5.74, 6) is -0.171. The lowest BCUT2D eigenvalue weighted by Gasteiger charge is -2.05. The van der Waals surface area contributed by atoms with E-state index in [0.717, 1.165) is 23.9 Å². The Labute approximate surface area is 136 Å². The summed E-state index contributed by atoms with van der Waals surface area (Å²) in [6.45, 7) is 0. The summed E-state index contributed by atoms with van der Waals surface area (Å²) in [4.78, 5) is 21.2. The minimum Gasteiger partial charge on any atom is -0.443 e. The molecule has 0 unspecified atom stereocenters.